The summed E-state index contributed by atoms with van der Waals surface area (Å²) in [6.07, 6.45) is 1.32. The number of amides is 1. The van der Waals surface area contributed by atoms with Crippen LogP contribution in [0.1, 0.15) is 71.8 Å². The number of piperidine rings is 1. The minimum absolute atomic E-state index is 0.0403. The highest BCUT2D eigenvalue weighted by atomic mass is 19.4. The Hall–Kier alpha value is -2.80. The van der Waals surface area contributed by atoms with Crippen molar-refractivity contribution in [2.24, 2.45) is 0 Å². The van der Waals surface area contributed by atoms with Gasteiger partial charge < -0.3 is 29.7 Å². The number of hydrogen-bond acceptors (Lipinski definition) is 8. The number of nitrogens with zero attached hydrogens (tertiary/aromatic N) is 3. The molecule has 1 aromatic heterocycles. The van der Waals surface area contributed by atoms with Crippen LogP contribution in [0, 0.1) is 6.92 Å². The molecular formula is C30H40F3N5O4. The van der Waals surface area contributed by atoms with Gasteiger partial charge in [-0.25, -0.2) is 9.97 Å². The molecule has 42 heavy (non-hydrogen) atoms. The van der Waals surface area contributed by atoms with E-state index < -0.39 is 17.8 Å². The summed E-state index contributed by atoms with van der Waals surface area (Å²) in [4.78, 5) is 23.9. The molecule has 3 aliphatic rings. The summed E-state index contributed by atoms with van der Waals surface area (Å²) in [6, 6.07) is 5.92. The summed E-state index contributed by atoms with van der Waals surface area (Å²) in [5.74, 6) is 0.440. The van der Waals surface area contributed by atoms with Crippen molar-refractivity contribution in [3.05, 3.63) is 53.0 Å². The maximum Gasteiger partial charge on any atom is 0.416 e. The smallest absolute Gasteiger partial charge is 0.379 e. The summed E-state index contributed by atoms with van der Waals surface area (Å²) in [6.45, 7) is 4.84. The second-order valence-corrected chi connectivity index (χ2v) is 11.4. The lowest BCUT2D eigenvalue weighted by molar-refractivity contribution is -0.137. The normalized spacial score (nSPS) is 25.8. The van der Waals surface area contributed by atoms with Crippen molar-refractivity contribution >= 4 is 11.7 Å². The van der Waals surface area contributed by atoms with E-state index in [1.54, 1.807) is 13.2 Å². The van der Waals surface area contributed by atoms with Crippen LogP contribution in [0.15, 0.2) is 30.6 Å². The molecule has 0 saturated carbocycles. The fourth-order valence-electron chi connectivity index (χ4n) is 6.10. The molecular weight excluding hydrogens is 551 g/mol. The fraction of sp³-hybridized carbons (Fsp3) is 0.633. The van der Waals surface area contributed by atoms with Gasteiger partial charge in [-0.05, 0) is 63.1 Å². The van der Waals surface area contributed by atoms with Gasteiger partial charge in [0, 0.05) is 51.0 Å². The third kappa shape index (κ3) is 7.39. The molecule has 0 spiro atoms. The molecule has 2 aromatic rings. The average Bonchev–Trinajstić information content (AvgIpc) is 3.01. The highest BCUT2D eigenvalue weighted by Gasteiger charge is 2.33. The molecule has 12 heteroatoms. The van der Waals surface area contributed by atoms with Gasteiger partial charge >= 0.3 is 6.18 Å². The Bertz CT molecular complexity index is 1210. The molecule has 2 N–H and O–H groups in total. The Morgan fingerprint density at radius 2 is 1.95 bits per heavy atom. The summed E-state index contributed by atoms with van der Waals surface area (Å²) in [5, 5.41) is 7.00. The number of anilines is 1. The maximum atomic E-state index is 13.4. The van der Waals surface area contributed by atoms with Crippen LogP contribution in [0.3, 0.4) is 0 Å². The van der Waals surface area contributed by atoms with Gasteiger partial charge in [-0.1, -0.05) is 12.1 Å². The van der Waals surface area contributed by atoms with Crippen LogP contribution in [-0.4, -0.2) is 85.0 Å². The lowest BCUT2D eigenvalue weighted by atomic mass is 9.97. The molecule has 0 aliphatic carbocycles. The van der Waals surface area contributed by atoms with Gasteiger partial charge in [0.2, 0.25) is 0 Å². The Kier molecular flexibility index (Phi) is 9.97. The number of carbonyl (C=O) groups excluding carboxylic acids is 1. The quantitative estimate of drug-likeness (QED) is 0.463. The lowest BCUT2D eigenvalue weighted by Crippen LogP contribution is -2.54. The Labute approximate surface area is 244 Å². The van der Waals surface area contributed by atoms with Crippen molar-refractivity contribution in [2.75, 3.05) is 45.3 Å². The minimum Gasteiger partial charge on any atom is -0.379 e. The van der Waals surface area contributed by atoms with E-state index in [-0.39, 0.29) is 24.2 Å². The zero-order valence-corrected chi connectivity index (χ0v) is 24.2. The lowest BCUT2D eigenvalue weighted by Gasteiger charge is -2.38. The van der Waals surface area contributed by atoms with Crippen molar-refractivity contribution in [3.63, 3.8) is 0 Å². The number of aromatic nitrogens is 2. The number of halogens is 3. The molecule has 0 radical (unpaired) electrons. The number of methoxy groups -OCH3 is 1. The van der Waals surface area contributed by atoms with Crippen molar-refractivity contribution < 1.29 is 32.2 Å². The highest BCUT2D eigenvalue weighted by molar-refractivity contribution is 5.94. The predicted octanol–water partition coefficient (Wildman–Crippen LogP) is 4.52. The van der Waals surface area contributed by atoms with Crippen LogP contribution < -0.4 is 10.6 Å². The van der Waals surface area contributed by atoms with Crippen molar-refractivity contribution in [3.8, 4) is 0 Å². The Balaban J connectivity index is 1.14. The van der Waals surface area contributed by atoms with Gasteiger partial charge in [-0.2, -0.15) is 13.2 Å². The summed E-state index contributed by atoms with van der Waals surface area (Å²) in [5.41, 5.74) is 0.899. The number of alkyl halides is 3. The molecule has 1 amide bonds. The van der Waals surface area contributed by atoms with Gasteiger partial charge in [0.15, 0.2) is 0 Å². The monoisotopic (exact) mass is 591 g/mol. The minimum atomic E-state index is -4.39. The van der Waals surface area contributed by atoms with Crippen LogP contribution in [-0.2, 0) is 20.4 Å². The Morgan fingerprint density at radius 1 is 1.14 bits per heavy atom. The third-order valence-electron chi connectivity index (χ3n) is 8.56. The molecule has 3 aliphatic heterocycles. The highest BCUT2D eigenvalue weighted by Crippen LogP contribution is 2.35. The number of benzene rings is 1. The largest absolute Gasteiger partial charge is 0.416 e. The third-order valence-corrected chi connectivity index (χ3v) is 8.56. The van der Waals surface area contributed by atoms with Crippen LogP contribution in [0.5, 0.6) is 0 Å². The van der Waals surface area contributed by atoms with E-state index in [9.17, 15) is 18.0 Å². The number of rotatable bonds is 8. The zero-order valence-electron chi connectivity index (χ0n) is 24.2. The maximum absolute atomic E-state index is 13.4. The number of likely N-dealkylation sites (tertiary alicyclic amines) is 1. The molecule has 3 fully saturated rings. The molecule has 230 valence electrons. The van der Waals surface area contributed by atoms with Crippen LogP contribution >= 0.6 is 0 Å². The number of hydrogen-bond donors (Lipinski definition) is 2. The van der Waals surface area contributed by atoms with E-state index in [0.717, 1.165) is 44.8 Å². The van der Waals surface area contributed by atoms with E-state index in [0.29, 0.717) is 61.3 Å². The van der Waals surface area contributed by atoms with Crippen LogP contribution in [0.4, 0.5) is 19.0 Å². The molecule has 4 heterocycles. The van der Waals surface area contributed by atoms with E-state index >= 15 is 0 Å². The van der Waals surface area contributed by atoms with Crippen molar-refractivity contribution in [1.82, 2.24) is 20.2 Å². The first-order chi connectivity index (χ1) is 20.2. The standard InChI is InChI=1S/C30H40F3N5O4/c1-19-27(29(39)38-12-9-22(10-13-38)37-24-11-14-41-17-26(24)40-2)35-18-36-28(19)34-16-23-7-4-8-25(42-23)20-5-3-6-21(15-20)30(31,32)33/h3,5-6,15,18,22-26,37H,4,7-14,16-17H2,1-2H3,(H,34,35,36)/t23-,24-,25+,26+/m0/s1. The van der Waals surface area contributed by atoms with E-state index in [1.807, 2.05) is 11.8 Å². The topological polar surface area (TPSA) is 97.8 Å². The predicted molar refractivity (Wildman–Crippen MR) is 150 cm³/mol. The first-order valence-corrected chi connectivity index (χ1v) is 14.8. The van der Waals surface area contributed by atoms with Crippen LogP contribution in [0.25, 0.3) is 0 Å². The first kappa shape index (κ1) is 30.7. The van der Waals surface area contributed by atoms with Gasteiger partial charge in [-0.15, -0.1) is 0 Å². The van der Waals surface area contributed by atoms with E-state index in [2.05, 4.69) is 20.6 Å². The zero-order chi connectivity index (χ0) is 29.7. The molecule has 4 atom stereocenters. The molecule has 5 rings (SSSR count). The second-order valence-electron chi connectivity index (χ2n) is 11.4. The number of ether oxygens (including phenoxy) is 3. The summed E-state index contributed by atoms with van der Waals surface area (Å²) < 4.78 is 56.9. The SMILES string of the molecule is CO[C@@H]1COCC[C@@H]1NC1CCN(C(=O)c2ncnc(NC[C@@H]3CCC[C@H](c4cccc(C(F)(F)F)c4)O3)c2C)CC1. The molecule has 9 nitrogen and oxygen atoms in total. The van der Waals surface area contributed by atoms with Gasteiger partial charge in [0.05, 0.1) is 30.5 Å². The Morgan fingerprint density at radius 3 is 2.71 bits per heavy atom. The second kappa shape index (κ2) is 13.7. The summed E-state index contributed by atoms with van der Waals surface area (Å²) in [7, 11) is 1.71. The molecule has 0 unspecified atom stereocenters. The molecule has 0 bridgehead atoms. The number of nitrogens with one attached hydrogen (secondary N) is 2. The van der Waals surface area contributed by atoms with E-state index in [1.165, 1.54) is 18.5 Å². The number of carbonyl (C=O) groups is 1. The van der Waals surface area contributed by atoms with Gasteiger partial charge in [0.25, 0.3) is 5.91 Å². The van der Waals surface area contributed by atoms with Gasteiger partial charge in [0.1, 0.15) is 17.8 Å². The van der Waals surface area contributed by atoms with Gasteiger partial charge in [-0.3, -0.25) is 4.79 Å². The van der Waals surface area contributed by atoms with Crippen molar-refractivity contribution in [2.45, 2.75) is 82.0 Å². The first-order valence-electron chi connectivity index (χ1n) is 14.8. The van der Waals surface area contributed by atoms with Crippen molar-refractivity contribution in [1.29, 1.82) is 0 Å². The fourth-order valence-corrected chi connectivity index (χ4v) is 6.10. The molecule has 3 saturated heterocycles. The van der Waals surface area contributed by atoms with E-state index in [4.69, 9.17) is 14.2 Å². The summed E-state index contributed by atoms with van der Waals surface area (Å²) >= 11 is 0. The average molecular weight is 592 g/mol. The van der Waals surface area contributed by atoms with Crippen LogP contribution in [0.2, 0.25) is 0 Å². The molecule has 1 aromatic carbocycles.